The Morgan fingerprint density at radius 1 is 0.950 bits per heavy atom. The van der Waals surface area contributed by atoms with E-state index in [1.54, 1.807) is 24.3 Å². The van der Waals surface area contributed by atoms with Gasteiger partial charge in [0.05, 0.1) is 24.8 Å². The van der Waals surface area contributed by atoms with Crippen LogP contribution in [0.2, 0.25) is 0 Å². The first-order valence-corrected chi connectivity index (χ1v) is 12.3. The van der Waals surface area contributed by atoms with Crippen LogP contribution in [0.25, 0.3) is 11.2 Å². The van der Waals surface area contributed by atoms with Crippen molar-refractivity contribution in [3.05, 3.63) is 87.9 Å². The van der Waals surface area contributed by atoms with Crippen molar-refractivity contribution < 1.29 is 35.9 Å². The summed E-state index contributed by atoms with van der Waals surface area (Å²) in [4.78, 5) is 21.9. The second kappa shape index (κ2) is 10.8. The zero-order valence-corrected chi connectivity index (χ0v) is 22.0. The number of hydrogen-bond acceptors (Lipinski definition) is 5. The molecule has 0 saturated carbocycles. The number of fused-ring (bicyclic) bond motifs is 1. The molecule has 212 valence electrons. The number of aryl methyl sites for hydroxylation is 3. The standard InChI is InChI=1S/C28H26F6N4O2/c1-5-22-37-23-15(2)10-16(3)35-25(23)38(22)14-17-6-8-21(9-7-17)36-24(26(39)40-4)18-11-19(27(29,30)31)13-20(12-18)28(32,33)34/h6-13,24,36H,5,14H2,1-4H3. The fraction of sp³-hybridized carbons (Fsp3) is 0.321. The number of hydrogen-bond donors (Lipinski definition) is 1. The zero-order valence-electron chi connectivity index (χ0n) is 22.0. The normalized spacial score (nSPS) is 12.9. The molecule has 0 spiro atoms. The first kappa shape index (κ1) is 28.9. The smallest absolute Gasteiger partial charge is 0.416 e. The van der Waals surface area contributed by atoms with Gasteiger partial charge < -0.3 is 14.6 Å². The topological polar surface area (TPSA) is 69.0 Å². The lowest BCUT2D eigenvalue weighted by Gasteiger charge is -2.21. The van der Waals surface area contributed by atoms with Gasteiger partial charge in [-0.1, -0.05) is 19.1 Å². The van der Waals surface area contributed by atoms with Crippen LogP contribution in [0.3, 0.4) is 0 Å². The summed E-state index contributed by atoms with van der Waals surface area (Å²) in [7, 11) is 0.997. The number of carbonyl (C=O) groups excluding carboxylic acids is 1. The third kappa shape index (κ3) is 6.05. The minimum atomic E-state index is -5.06. The predicted octanol–water partition coefficient (Wildman–Crippen LogP) is 7.02. The second-order valence-electron chi connectivity index (χ2n) is 9.36. The van der Waals surface area contributed by atoms with E-state index < -0.39 is 41.1 Å². The number of anilines is 1. The number of imidazole rings is 1. The van der Waals surface area contributed by atoms with E-state index in [2.05, 4.69) is 15.0 Å². The van der Waals surface area contributed by atoms with Crippen molar-refractivity contribution in [2.45, 2.75) is 52.1 Å². The summed E-state index contributed by atoms with van der Waals surface area (Å²) >= 11 is 0. The summed E-state index contributed by atoms with van der Waals surface area (Å²) in [5, 5.41) is 2.72. The van der Waals surface area contributed by atoms with Crippen LogP contribution in [-0.2, 0) is 34.8 Å². The molecule has 40 heavy (non-hydrogen) atoms. The summed E-state index contributed by atoms with van der Waals surface area (Å²) in [5.41, 5.74) is 0.955. The Hall–Kier alpha value is -4.09. The molecule has 4 rings (SSSR count). The van der Waals surface area contributed by atoms with Crippen molar-refractivity contribution in [3.63, 3.8) is 0 Å². The number of aromatic nitrogens is 3. The number of ether oxygens (including phenoxy) is 1. The Labute approximate surface area is 226 Å². The van der Waals surface area contributed by atoms with E-state index in [-0.39, 0.29) is 6.07 Å². The van der Waals surface area contributed by atoms with E-state index in [0.717, 1.165) is 40.9 Å². The van der Waals surface area contributed by atoms with Gasteiger partial charge in [0, 0.05) is 17.8 Å². The Balaban J connectivity index is 1.66. The molecule has 1 N–H and O–H groups in total. The number of alkyl halides is 6. The highest BCUT2D eigenvalue weighted by atomic mass is 19.4. The largest absolute Gasteiger partial charge is 0.467 e. The molecule has 0 saturated heterocycles. The van der Waals surface area contributed by atoms with Crippen LogP contribution in [0.5, 0.6) is 0 Å². The number of benzene rings is 2. The number of methoxy groups -OCH3 is 1. The van der Waals surface area contributed by atoms with Gasteiger partial charge in [-0.25, -0.2) is 14.8 Å². The number of nitrogens with zero attached hydrogens (tertiary/aromatic N) is 3. The van der Waals surface area contributed by atoms with E-state index in [0.29, 0.717) is 30.8 Å². The number of halogens is 6. The maximum Gasteiger partial charge on any atom is 0.416 e. The highest BCUT2D eigenvalue weighted by Crippen LogP contribution is 2.38. The molecule has 1 unspecified atom stereocenters. The Bertz CT molecular complexity index is 1510. The van der Waals surface area contributed by atoms with Gasteiger partial charge in [-0.05, 0) is 66.9 Å². The molecule has 2 aromatic carbocycles. The molecule has 4 aromatic rings. The molecule has 0 radical (unpaired) electrons. The van der Waals surface area contributed by atoms with E-state index in [1.165, 1.54) is 0 Å². The van der Waals surface area contributed by atoms with E-state index in [1.807, 2.05) is 31.4 Å². The summed E-state index contributed by atoms with van der Waals surface area (Å²) in [6, 6.07) is 7.98. The lowest BCUT2D eigenvalue weighted by molar-refractivity contribution is -0.145. The maximum absolute atomic E-state index is 13.4. The van der Waals surface area contributed by atoms with E-state index >= 15 is 0 Å². The molecule has 0 aliphatic carbocycles. The molecule has 2 aromatic heterocycles. The van der Waals surface area contributed by atoms with Crippen LogP contribution < -0.4 is 5.32 Å². The molecular weight excluding hydrogens is 538 g/mol. The molecule has 1 atom stereocenters. The predicted molar refractivity (Wildman–Crippen MR) is 137 cm³/mol. The van der Waals surface area contributed by atoms with Gasteiger partial charge in [0.1, 0.15) is 11.3 Å². The van der Waals surface area contributed by atoms with Crippen molar-refractivity contribution in [2.24, 2.45) is 0 Å². The van der Waals surface area contributed by atoms with Gasteiger partial charge in [-0.3, -0.25) is 0 Å². The zero-order chi connectivity index (χ0) is 29.4. The number of pyridine rings is 1. The highest BCUT2D eigenvalue weighted by Gasteiger charge is 2.38. The molecule has 0 amide bonds. The van der Waals surface area contributed by atoms with E-state index in [4.69, 9.17) is 4.98 Å². The third-order valence-electron chi connectivity index (χ3n) is 6.40. The number of nitrogens with one attached hydrogen (secondary N) is 1. The van der Waals surface area contributed by atoms with Crippen LogP contribution in [-0.4, -0.2) is 27.6 Å². The summed E-state index contributed by atoms with van der Waals surface area (Å²) in [6.45, 7) is 6.28. The Kier molecular flexibility index (Phi) is 7.82. The van der Waals surface area contributed by atoms with Crippen LogP contribution in [0.4, 0.5) is 32.0 Å². The lowest BCUT2D eigenvalue weighted by Crippen LogP contribution is -2.24. The number of esters is 1. The van der Waals surface area contributed by atoms with Crippen molar-refractivity contribution in [3.8, 4) is 0 Å². The molecule has 6 nitrogen and oxygen atoms in total. The average molecular weight is 565 g/mol. The van der Waals surface area contributed by atoms with Crippen LogP contribution in [0, 0.1) is 13.8 Å². The van der Waals surface area contributed by atoms with Crippen LogP contribution in [0.1, 0.15) is 52.3 Å². The van der Waals surface area contributed by atoms with Crippen molar-refractivity contribution in [1.29, 1.82) is 0 Å². The second-order valence-corrected chi connectivity index (χ2v) is 9.36. The lowest BCUT2D eigenvalue weighted by atomic mass is 9.99. The molecule has 0 bridgehead atoms. The third-order valence-corrected chi connectivity index (χ3v) is 6.40. The minimum absolute atomic E-state index is 0.00877. The van der Waals surface area contributed by atoms with Gasteiger partial charge in [-0.2, -0.15) is 26.3 Å². The quantitative estimate of drug-likeness (QED) is 0.193. The molecule has 0 fully saturated rings. The summed E-state index contributed by atoms with van der Waals surface area (Å²) in [5.74, 6) is -0.208. The van der Waals surface area contributed by atoms with Gasteiger partial charge in [0.15, 0.2) is 11.7 Å². The fourth-order valence-corrected chi connectivity index (χ4v) is 4.48. The van der Waals surface area contributed by atoms with Gasteiger partial charge in [0.2, 0.25) is 0 Å². The fourth-order valence-electron chi connectivity index (χ4n) is 4.48. The number of rotatable bonds is 7. The molecule has 12 heteroatoms. The summed E-state index contributed by atoms with van der Waals surface area (Å²) < 4.78 is 87.0. The first-order chi connectivity index (χ1) is 18.7. The monoisotopic (exact) mass is 564 g/mol. The maximum atomic E-state index is 13.4. The molecule has 0 aliphatic rings. The van der Waals surface area contributed by atoms with Crippen LogP contribution in [0.15, 0.2) is 48.5 Å². The summed E-state index contributed by atoms with van der Waals surface area (Å²) in [6.07, 6.45) is -9.44. The Morgan fingerprint density at radius 3 is 2.08 bits per heavy atom. The van der Waals surface area contributed by atoms with Crippen molar-refractivity contribution >= 4 is 22.8 Å². The van der Waals surface area contributed by atoms with Gasteiger partial charge in [0.25, 0.3) is 0 Å². The van der Waals surface area contributed by atoms with E-state index in [9.17, 15) is 31.1 Å². The van der Waals surface area contributed by atoms with Crippen molar-refractivity contribution in [1.82, 2.24) is 14.5 Å². The Morgan fingerprint density at radius 2 is 1.55 bits per heavy atom. The number of carbonyl (C=O) groups is 1. The molecule has 0 aliphatic heterocycles. The SMILES string of the molecule is CCc1nc2c(C)cc(C)nc2n1Cc1ccc(NC(C(=O)OC)c2cc(C(F)(F)F)cc(C(F)(F)F)c2)cc1. The van der Waals surface area contributed by atoms with Crippen molar-refractivity contribution in [2.75, 3.05) is 12.4 Å². The average Bonchev–Trinajstić information content (AvgIpc) is 3.24. The van der Waals surface area contributed by atoms with Gasteiger partial charge >= 0.3 is 18.3 Å². The molecule has 2 heterocycles. The minimum Gasteiger partial charge on any atom is -0.467 e. The first-order valence-electron chi connectivity index (χ1n) is 12.3. The molecular formula is C28H26F6N4O2. The highest BCUT2D eigenvalue weighted by molar-refractivity contribution is 5.81. The van der Waals surface area contributed by atoms with Crippen LogP contribution >= 0.6 is 0 Å². The van der Waals surface area contributed by atoms with Gasteiger partial charge in [-0.15, -0.1) is 0 Å².